The number of carbonyl (C=O) groups is 1. The van der Waals surface area contributed by atoms with Crippen molar-refractivity contribution < 1.29 is 14.3 Å². The lowest BCUT2D eigenvalue weighted by Crippen LogP contribution is -2.44. The van der Waals surface area contributed by atoms with Gasteiger partial charge in [0.05, 0.1) is 25.8 Å². The zero-order chi connectivity index (χ0) is 22.5. The second-order valence-corrected chi connectivity index (χ2v) is 9.45. The zero-order valence-electron chi connectivity index (χ0n) is 19.5. The average molecular weight is 441 g/mol. The molecule has 7 nitrogen and oxygen atoms in total. The summed E-state index contributed by atoms with van der Waals surface area (Å²) in [7, 11) is 2.04. The molecule has 0 unspecified atom stereocenters. The molecule has 0 bridgehead atoms. The minimum atomic E-state index is -0.0622. The Kier molecular flexibility index (Phi) is 7.35. The summed E-state index contributed by atoms with van der Waals surface area (Å²) in [5.74, 6) is 3.56. The summed E-state index contributed by atoms with van der Waals surface area (Å²) >= 11 is 0. The Bertz CT molecular complexity index is 910. The number of imidazole rings is 1. The monoisotopic (exact) mass is 440 g/mol. The molecule has 1 N–H and O–H groups in total. The highest BCUT2D eigenvalue weighted by molar-refractivity contribution is 5.78. The van der Waals surface area contributed by atoms with Crippen molar-refractivity contribution in [2.24, 2.45) is 18.9 Å². The third-order valence-electron chi connectivity index (χ3n) is 6.48. The highest BCUT2D eigenvalue weighted by atomic mass is 16.5. The summed E-state index contributed by atoms with van der Waals surface area (Å²) in [6.45, 7) is 7.95. The maximum absolute atomic E-state index is 13.0. The Balaban J connectivity index is 1.36. The number of likely N-dealkylation sites (tertiary alicyclic amines) is 1. The van der Waals surface area contributed by atoms with E-state index in [0.29, 0.717) is 25.7 Å². The normalized spacial score (nSPS) is 20.1. The van der Waals surface area contributed by atoms with Crippen LogP contribution >= 0.6 is 0 Å². The SMILES string of the molecule is CC(C)[C@H](NC(=O)CN1CCC[C@H](Cc2nccn2C)C1)c1ccc2c(c1)OCCCO2. The fourth-order valence-electron chi connectivity index (χ4n) is 4.74. The number of hydrogen-bond donors (Lipinski definition) is 1. The van der Waals surface area contributed by atoms with E-state index in [9.17, 15) is 4.79 Å². The Hall–Kier alpha value is -2.54. The molecule has 1 saturated heterocycles. The third-order valence-corrected chi connectivity index (χ3v) is 6.48. The van der Waals surface area contributed by atoms with Crippen LogP contribution in [0.1, 0.15) is 50.5 Å². The van der Waals surface area contributed by atoms with E-state index in [1.54, 1.807) is 0 Å². The summed E-state index contributed by atoms with van der Waals surface area (Å²) in [6.07, 6.45) is 8.01. The first kappa shape index (κ1) is 22.6. The topological polar surface area (TPSA) is 68.6 Å². The summed E-state index contributed by atoms with van der Waals surface area (Å²) in [5, 5.41) is 3.28. The number of fused-ring (bicyclic) bond motifs is 1. The van der Waals surface area contributed by atoms with E-state index in [0.717, 1.165) is 55.2 Å². The number of nitrogens with zero attached hydrogens (tertiary/aromatic N) is 3. The molecule has 2 aliphatic rings. The number of ether oxygens (including phenoxy) is 2. The lowest BCUT2D eigenvalue weighted by atomic mass is 9.94. The van der Waals surface area contributed by atoms with Crippen LogP contribution in [0.3, 0.4) is 0 Å². The van der Waals surface area contributed by atoms with Crippen LogP contribution in [0, 0.1) is 11.8 Å². The molecule has 1 aromatic heterocycles. The summed E-state index contributed by atoms with van der Waals surface area (Å²) in [5.41, 5.74) is 1.06. The molecule has 174 valence electrons. The van der Waals surface area contributed by atoms with Gasteiger partial charge < -0.3 is 19.4 Å². The molecule has 4 rings (SSSR count). The lowest BCUT2D eigenvalue weighted by Gasteiger charge is -2.33. The van der Waals surface area contributed by atoms with Gasteiger partial charge in [-0.3, -0.25) is 9.69 Å². The van der Waals surface area contributed by atoms with E-state index < -0.39 is 0 Å². The molecular formula is C25H36N4O3. The van der Waals surface area contributed by atoms with Crippen molar-refractivity contribution in [1.82, 2.24) is 19.8 Å². The molecule has 1 aromatic carbocycles. The van der Waals surface area contributed by atoms with Crippen LogP contribution in [0.25, 0.3) is 0 Å². The summed E-state index contributed by atoms with van der Waals surface area (Å²) < 4.78 is 13.7. The van der Waals surface area contributed by atoms with Gasteiger partial charge >= 0.3 is 0 Å². The van der Waals surface area contributed by atoms with Gasteiger partial charge in [-0.25, -0.2) is 4.98 Å². The highest BCUT2D eigenvalue weighted by Crippen LogP contribution is 2.34. The Labute approximate surface area is 191 Å². The minimum absolute atomic E-state index is 0.0622. The highest BCUT2D eigenvalue weighted by Gasteiger charge is 2.25. The van der Waals surface area contributed by atoms with Crippen LogP contribution in [0.5, 0.6) is 11.5 Å². The average Bonchev–Trinajstić information content (AvgIpc) is 3.02. The maximum atomic E-state index is 13.0. The number of rotatable bonds is 7. The minimum Gasteiger partial charge on any atom is -0.490 e. The standard InChI is InChI=1S/C25H36N4O3/c1-18(2)25(20-7-8-21-22(15-20)32-13-5-12-31-21)27-24(30)17-29-10-4-6-19(16-29)14-23-26-9-11-28(23)3/h7-9,11,15,18-19,25H,4-6,10,12-14,16-17H2,1-3H3,(H,27,30)/t19-,25+/m1/s1. The van der Waals surface area contributed by atoms with Gasteiger partial charge in [0, 0.05) is 38.8 Å². The largest absolute Gasteiger partial charge is 0.490 e. The van der Waals surface area contributed by atoms with E-state index >= 15 is 0 Å². The van der Waals surface area contributed by atoms with Crippen LogP contribution in [-0.4, -0.2) is 53.2 Å². The fraction of sp³-hybridized carbons (Fsp3) is 0.600. The summed E-state index contributed by atoms with van der Waals surface area (Å²) in [6, 6.07) is 5.97. The molecule has 2 aliphatic heterocycles. The van der Waals surface area contributed by atoms with Crippen LogP contribution in [0.2, 0.25) is 0 Å². The number of aryl methyl sites for hydroxylation is 1. The van der Waals surface area contributed by atoms with Crippen LogP contribution in [0.15, 0.2) is 30.6 Å². The van der Waals surface area contributed by atoms with Gasteiger partial charge in [0.2, 0.25) is 5.91 Å². The van der Waals surface area contributed by atoms with Crippen LogP contribution in [0.4, 0.5) is 0 Å². The number of nitrogens with one attached hydrogen (secondary N) is 1. The Morgan fingerprint density at radius 1 is 1.22 bits per heavy atom. The molecule has 0 spiro atoms. The first-order valence-corrected chi connectivity index (χ1v) is 11.9. The van der Waals surface area contributed by atoms with Crippen molar-refractivity contribution in [3.8, 4) is 11.5 Å². The number of amides is 1. The van der Waals surface area contributed by atoms with E-state index in [1.165, 1.54) is 6.42 Å². The number of benzene rings is 1. The smallest absolute Gasteiger partial charge is 0.234 e. The molecule has 0 saturated carbocycles. The second-order valence-electron chi connectivity index (χ2n) is 9.45. The third kappa shape index (κ3) is 5.63. The van der Waals surface area contributed by atoms with Gasteiger partial charge in [0.25, 0.3) is 0 Å². The van der Waals surface area contributed by atoms with E-state index in [2.05, 4.69) is 33.6 Å². The van der Waals surface area contributed by atoms with Crippen molar-refractivity contribution in [2.75, 3.05) is 32.8 Å². The summed E-state index contributed by atoms with van der Waals surface area (Å²) in [4.78, 5) is 19.8. The second kappa shape index (κ2) is 10.4. The molecule has 0 radical (unpaired) electrons. The van der Waals surface area contributed by atoms with Crippen molar-refractivity contribution >= 4 is 5.91 Å². The fourth-order valence-corrected chi connectivity index (χ4v) is 4.74. The molecule has 1 amide bonds. The van der Waals surface area contributed by atoms with Gasteiger partial charge in [0.15, 0.2) is 11.5 Å². The molecule has 2 atom stereocenters. The van der Waals surface area contributed by atoms with Gasteiger partial charge in [-0.2, -0.15) is 0 Å². The van der Waals surface area contributed by atoms with Gasteiger partial charge in [-0.15, -0.1) is 0 Å². The molecular weight excluding hydrogens is 404 g/mol. The quantitative estimate of drug-likeness (QED) is 0.715. The van der Waals surface area contributed by atoms with E-state index in [4.69, 9.17) is 9.47 Å². The Morgan fingerprint density at radius 2 is 2.03 bits per heavy atom. The van der Waals surface area contributed by atoms with Crippen molar-refractivity contribution in [3.05, 3.63) is 42.0 Å². The van der Waals surface area contributed by atoms with Crippen molar-refractivity contribution in [2.45, 2.75) is 45.6 Å². The zero-order valence-corrected chi connectivity index (χ0v) is 19.5. The van der Waals surface area contributed by atoms with Crippen molar-refractivity contribution in [3.63, 3.8) is 0 Å². The number of hydrogen-bond acceptors (Lipinski definition) is 5. The first-order valence-electron chi connectivity index (χ1n) is 11.9. The molecule has 2 aromatic rings. The van der Waals surface area contributed by atoms with Gasteiger partial charge in [-0.05, 0) is 48.9 Å². The molecule has 32 heavy (non-hydrogen) atoms. The molecule has 3 heterocycles. The number of piperidine rings is 1. The van der Waals surface area contributed by atoms with E-state index in [1.807, 2.05) is 37.6 Å². The predicted molar refractivity (Wildman–Crippen MR) is 124 cm³/mol. The van der Waals surface area contributed by atoms with E-state index in [-0.39, 0.29) is 17.9 Å². The predicted octanol–water partition coefficient (Wildman–Crippen LogP) is 3.35. The Morgan fingerprint density at radius 3 is 2.78 bits per heavy atom. The van der Waals surface area contributed by atoms with Gasteiger partial charge in [-0.1, -0.05) is 19.9 Å². The van der Waals surface area contributed by atoms with Crippen LogP contribution < -0.4 is 14.8 Å². The number of aromatic nitrogens is 2. The van der Waals surface area contributed by atoms with Crippen LogP contribution in [-0.2, 0) is 18.3 Å². The molecule has 7 heteroatoms. The maximum Gasteiger partial charge on any atom is 0.234 e. The molecule has 0 aliphatic carbocycles. The number of carbonyl (C=O) groups excluding carboxylic acids is 1. The molecule has 1 fully saturated rings. The van der Waals surface area contributed by atoms with Gasteiger partial charge in [0.1, 0.15) is 5.82 Å². The lowest BCUT2D eigenvalue weighted by molar-refractivity contribution is -0.123. The van der Waals surface area contributed by atoms with Crippen molar-refractivity contribution in [1.29, 1.82) is 0 Å². The first-order chi connectivity index (χ1) is 15.5.